The second-order valence-corrected chi connectivity index (χ2v) is 6.56. The minimum Gasteiger partial charge on any atom is -0.480 e. The summed E-state index contributed by atoms with van der Waals surface area (Å²) >= 11 is 0. The molecule has 3 rings (SSSR count). The van der Waals surface area contributed by atoms with Crippen LogP contribution >= 0.6 is 0 Å². The van der Waals surface area contributed by atoms with Crippen LogP contribution in [0.3, 0.4) is 0 Å². The number of aliphatic carboxylic acids is 1. The van der Waals surface area contributed by atoms with E-state index < -0.39 is 12.0 Å². The molecule has 5 nitrogen and oxygen atoms in total. The highest BCUT2D eigenvalue weighted by atomic mass is 16.4. The molecule has 2 unspecified atom stereocenters. The summed E-state index contributed by atoms with van der Waals surface area (Å²) in [6.45, 7) is 3.62. The van der Waals surface area contributed by atoms with E-state index in [1.807, 2.05) is 23.1 Å². The van der Waals surface area contributed by atoms with Crippen LogP contribution in [0.2, 0.25) is 0 Å². The van der Waals surface area contributed by atoms with Crippen LogP contribution in [-0.2, 0) is 11.3 Å². The predicted molar refractivity (Wildman–Crippen MR) is 86.8 cm³/mol. The van der Waals surface area contributed by atoms with Crippen molar-refractivity contribution >= 4 is 5.97 Å². The van der Waals surface area contributed by atoms with E-state index in [-0.39, 0.29) is 0 Å². The lowest BCUT2D eigenvalue weighted by Gasteiger charge is -2.40. The van der Waals surface area contributed by atoms with Crippen LogP contribution in [0, 0.1) is 11.3 Å². The first kappa shape index (κ1) is 16.0. The average molecular weight is 313 g/mol. The zero-order valence-electron chi connectivity index (χ0n) is 13.3. The van der Waals surface area contributed by atoms with Crippen LogP contribution in [-0.4, -0.2) is 52.6 Å². The van der Waals surface area contributed by atoms with Gasteiger partial charge in [-0.3, -0.25) is 9.69 Å². The van der Waals surface area contributed by atoms with E-state index in [9.17, 15) is 9.90 Å². The number of carbonyl (C=O) groups is 1. The van der Waals surface area contributed by atoms with E-state index in [4.69, 9.17) is 5.26 Å². The van der Waals surface area contributed by atoms with Crippen molar-refractivity contribution in [1.82, 2.24) is 9.80 Å². The highest BCUT2D eigenvalue weighted by Gasteiger charge is 2.36. The summed E-state index contributed by atoms with van der Waals surface area (Å²) in [5.41, 5.74) is 1.64. The maximum absolute atomic E-state index is 11.7. The first-order chi connectivity index (χ1) is 11.2. The standard InChI is InChI=1S/C18H23N3O2/c19-12-14-4-3-5-15(10-14)13-21-9-6-16(11-17(21)18(22)23)20-7-1-2-8-20/h3-5,10,16-17H,1-2,6-9,11,13H2,(H,22,23). The number of benzene rings is 1. The van der Waals surface area contributed by atoms with Crippen LogP contribution < -0.4 is 0 Å². The fourth-order valence-electron chi connectivity index (χ4n) is 3.85. The molecule has 0 aromatic heterocycles. The number of nitrogens with zero attached hydrogens (tertiary/aromatic N) is 3. The summed E-state index contributed by atoms with van der Waals surface area (Å²) in [4.78, 5) is 16.2. The van der Waals surface area contributed by atoms with Gasteiger partial charge in [-0.25, -0.2) is 0 Å². The SMILES string of the molecule is N#Cc1cccc(CN2CCC(N3CCCC3)CC2C(=O)O)c1. The molecule has 2 aliphatic heterocycles. The van der Waals surface area contributed by atoms with Gasteiger partial charge in [0.1, 0.15) is 6.04 Å². The van der Waals surface area contributed by atoms with Crippen molar-refractivity contribution in [2.45, 2.75) is 44.3 Å². The van der Waals surface area contributed by atoms with Gasteiger partial charge in [0.25, 0.3) is 0 Å². The van der Waals surface area contributed by atoms with Crippen LogP contribution in [0.4, 0.5) is 0 Å². The van der Waals surface area contributed by atoms with Gasteiger partial charge in [-0.1, -0.05) is 12.1 Å². The summed E-state index contributed by atoms with van der Waals surface area (Å²) in [6.07, 6.45) is 4.20. The Hall–Kier alpha value is -1.90. The lowest BCUT2D eigenvalue weighted by Crippen LogP contribution is -2.52. The number of nitriles is 1. The van der Waals surface area contributed by atoms with Crippen molar-refractivity contribution in [1.29, 1.82) is 5.26 Å². The molecule has 2 atom stereocenters. The minimum absolute atomic E-state index is 0.403. The van der Waals surface area contributed by atoms with E-state index in [0.29, 0.717) is 24.6 Å². The summed E-state index contributed by atoms with van der Waals surface area (Å²) in [7, 11) is 0. The molecule has 5 heteroatoms. The third kappa shape index (κ3) is 3.72. The third-order valence-electron chi connectivity index (χ3n) is 5.07. The second-order valence-electron chi connectivity index (χ2n) is 6.56. The first-order valence-corrected chi connectivity index (χ1v) is 8.37. The Kier molecular flexibility index (Phi) is 4.94. The van der Waals surface area contributed by atoms with E-state index in [1.165, 1.54) is 12.8 Å². The number of rotatable bonds is 4. The van der Waals surface area contributed by atoms with E-state index in [0.717, 1.165) is 31.6 Å². The Bertz CT molecular complexity index is 605. The molecule has 1 N–H and O–H groups in total. The number of carboxylic acid groups (broad SMARTS) is 1. The smallest absolute Gasteiger partial charge is 0.320 e. The van der Waals surface area contributed by atoms with Gasteiger partial charge in [0.05, 0.1) is 11.6 Å². The summed E-state index contributed by atoms with van der Waals surface area (Å²) in [5.74, 6) is -0.731. The molecule has 0 spiro atoms. The number of hydrogen-bond acceptors (Lipinski definition) is 4. The molecule has 2 aliphatic rings. The van der Waals surface area contributed by atoms with Crippen LogP contribution in [0.1, 0.15) is 36.8 Å². The van der Waals surface area contributed by atoms with Gasteiger partial charge >= 0.3 is 5.97 Å². The molecule has 0 aliphatic carbocycles. The van der Waals surface area contributed by atoms with Crippen molar-refractivity contribution in [3.63, 3.8) is 0 Å². The van der Waals surface area contributed by atoms with Crippen molar-refractivity contribution in [3.8, 4) is 6.07 Å². The molecule has 2 saturated heterocycles. The van der Waals surface area contributed by atoms with E-state index in [1.54, 1.807) is 6.07 Å². The maximum atomic E-state index is 11.7. The molecular formula is C18H23N3O2. The van der Waals surface area contributed by atoms with Gasteiger partial charge in [-0.2, -0.15) is 5.26 Å². The topological polar surface area (TPSA) is 67.6 Å². The van der Waals surface area contributed by atoms with E-state index >= 15 is 0 Å². The van der Waals surface area contributed by atoms with E-state index in [2.05, 4.69) is 11.0 Å². The number of likely N-dealkylation sites (tertiary alicyclic amines) is 2. The molecule has 23 heavy (non-hydrogen) atoms. The molecule has 0 bridgehead atoms. The number of carboxylic acids is 1. The average Bonchev–Trinajstić information content (AvgIpc) is 3.09. The van der Waals surface area contributed by atoms with Gasteiger partial charge in [0.2, 0.25) is 0 Å². The fourth-order valence-corrected chi connectivity index (χ4v) is 3.85. The Morgan fingerprint density at radius 2 is 2.09 bits per heavy atom. The molecule has 1 aromatic carbocycles. The zero-order chi connectivity index (χ0) is 16.2. The Morgan fingerprint density at radius 1 is 1.30 bits per heavy atom. The van der Waals surface area contributed by atoms with Gasteiger partial charge in [-0.05, 0) is 56.5 Å². The van der Waals surface area contributed by atoms with Gasteiger partial charge in [-0.15, -0.1) is 0 Å². The Balaban J connectivity index is 1.69. The predicted octanol–water partition coefficient (Wildman–Crippen LogP) is 2.07. The molecular weight excluding hydrogens is 290 g/mol. The quantitative estimate of drug-likeness (QED) is 0.921. The molecule has 2 heterocycles. The van der Waals surface area contributed by atoms with Gasteiger partial charge in [0.15, 0.2) is 0 Å². The van der Waals surface area contributed by atoms with Crippen LogP contribution in [0.5, 0.6) is 0 Å². The third-order valence-corrected chi connectivity index (χ3v) is 5.07. The number of hydrogen-bond donors (Lipinski definition) is 1. The highest BCUT2D eigenvalue weighted by Crippen LogP contribution is 2.26. The fraction of sp³-hybridized carbons (Fsp3) is 0.556. The summed E-state index contributed by atoms with van der Waals surface area (Å²) < 4.78 is 0. The van der Waals surface area contributed by atoms with Crippen molar-refractivity contribution in [2.24, 2.45) is 0 Å². The van der Waals surface area contributed by atoms with Gasteiger partial charge < -0.3 is 10.0 Å². The molecule has 0 amide bonds. The lowest BCUT2D eigenvalue weighted by atomic mass is 9.95. The summed E-state index contributed by atoms with van der Waals surface area (Å²) in [5, 5.41) is 18.6. The Labute approximate surface area is 137 Å². The molecule has 0 radical (unpaired) electrons. The van der Waals surface area contributed by atoms with Crippen molar-refractivity contribution < 1.29 is 9.90 Å². The van der Waals surface area contributed by atoms with Crippen LogP contribution in [0.15, 0.2) is 24.3 Å². The lowest BCUT2D eigenvalue weighted by molar-refractivity contribution is -0.146. The minimum atomic E-state index is -0.731. The monoisotopic (exact) mass is 313 g/mol. The number of piperidine rings is 1. The van der Waals surface area contributed by atoms with Gasteiger partial charge in [0, 0.05) is 19.1 Å². The second kappa shape index (κ2) is 7.12. The molecule has 1 aromatic rings. The van der Waals surface area contributed by atoms with Crippen LogP contribution in [0.25, 0.3) is 0 Å². The van der Waals surface area contributed by atoms with Crippen molar-refractivity contribution in [3.05, 3.63) is 35.4 Å². The largest absolute Gasteiger partial charge is 0.480 e. The summed E-state index contributed by atoms with van der Waals surface area (Å²) in [6, 6.07) is 9.57. The molecule has 0 saturated carbocycles. The zero-order valence-corrected chi connectivity index (χ0v) is 13.3. The first-order valence-electron chi connectivity index (χ1n) is 8.37. The Morgan fingerprint density at radius 3 is 2.78 bits per heavy atom. The molecule has 122 valence electrons. The van der Waals surface area contributed by atoms with Crippen molar-refractivity contribution in [2.75, 3.05) is 19.6 Å². The highest BCUT2D eigenvalue weighted by molar-refractivity contribution is 5.73. The normalized spacial score (nSPS) is 26.0. The maximum Gasteiger partial charge on any atom is 0.320 e. The molecule has 2 fully saturated rings.